The van der Waals surface area contributed by atoms with Gasteiger partial charge in [-0.3, -0.25) is 9.59 Å². The van der Waals surface area contributed by atoms with Gasteiger partial charge in [0.25, 0.3) is 0 Å². The lowest BCUT2D eigenvalue weighted by molar-refractivity contribution is 0.0939. The van der Waals surface area contributed by atoms with Crippen LogP contribution in [0.25, 0.3) is 0 Å². The predicted molar refractivity (Wildman–Crippen MR) is 87.4 cm³/mol. The van der Waals surface area contributed by atoms with Crippen LogP contribution in [0, 0.1) is 5.92 Å². The minimum absolute atomic E-state index is 0.0512. The number of aliphatic hydroxyl groups is 1. The molecule has 1 aliphatic rings. The number of aliphatic hydroxyl groups excluding tert-OH is 1. The molecular formula is C19H18O5. The number of Topliss-reactive ketones (excluding diaryl/α,β-unsaturated/α-hetero) is 1. The normalized spacial score (nSPS) is 16.8. The molecular weight excluding hydrogens is 308 g/mol. The first-order valence-corrected chi connectivity index (χ1v) is 7.78. The van der Waals surface area contributed by atoms with E-state index in [1.54, 1.807) is 6.07 Å². The number of hydrogen-bond acceptors (Lipinski definition) is 5. The molecule has 3 rings (SSSR count). The Balaban J connectivity index is 2.21. The van der Waals surface area contributed by atoms with Crippen LogP contribution in [-0.4, -0.2) is 26.9 Å². The van der Waals surface area contributed by atoms with Gasteiger partial charge in [-0.05, 0) is 30.0 Å². The van der Waals surface area contributed by atoms with Crippen LogP contribution in [0.5, 0.6) is 11.5 Å². The first kappa shape index (κ1) is 16.2. The van der Waals surface area contributed by atoms with E-state index in [9.17, 15) is 24.9 Å². The van der Waals surface area contributed by atoms with Crippen molar-refractivity contribution in [2.75, 3.05) is 0 Å². The van der Waals surface area contributed by atoms with Gasteiger partial charge in [-0.2, -0.15) is 0 Å². The van der Waals surface area contributed by atoms with E-state index in [1.165, 1.54) is 24.3 Å². The highest BCUT2D eigenvalue weighted by Crippen LogP contribution is 2.35. The van der Waals surface area contributed by atoms with Gasteiger partial charge in [0.05, 0.1) is 12.2 Å². The molecule has 24 heavy (non-hydrogen) atoms. The fourth-order valence-electron chi connectivity index (χ4n) is 3.31. The molecule has 0 bridgehead atoms. The molecule has 0 heterocycles. The number of carbonyl (C=O) groups excluding carboxylic acids is 2. The maximum atomic E-state index is 13.0. The molecule has 1 aliphatic carbocycles. The van der Waals surface area contributed by atoms with Crippen molar-refractivity contribution in [1.82, 2.24) is 0 Å². The first-order valence-electron chi connectivity index (χ1n) is 7.78. The van der Waals surface area contributed by atoms with Crippen LogP contribution in [0.2, 0.25) is 0 Å². The zero-order valence-electron chi connectivity index (χ0n) is 13.2. The molecule has 0 aromatic heterocycles. The zero-order chi connectivity index (χ0) is 17.4. The van der Waals surface area contributed by atoms with Crippen molar-refractivity contribution in [2.24, 2.45) is 5.92 Å². The molecule has 0 unspecified atom stereocenters. The summed E-state index contributed by atoms with van der Waals surface area (Å²) in [5.74, 6) is -1.03. The zero-order valence-corrected chi connectivity index (χ0v) is 13.2. The quantitative estimate of drug-likeness (QED) is 0.754. The summed E-state index contributed by atoms with van der Waals surface area (Å²) in [4.78, 5) is 25.4. The third kappa shape index (κ3) is 2.57. The molecule has 124 valence electrons. The number of rotatable bonds is 3. The van der Waals surface area contributed by atoms with Crippen molar-refractivity contribution in [3.63, 3.8) is 0 Å². The van der Waals surface area contributed by atoms with Crippen molar-refractivity contribution in [3.05, 3.63) is 58.1 Å². The number of benzene rings is 2. The monoisotopic (exact) mass is 326 g/mol. The molecule has 0 saturated carbocycles. The van der Waals surface area contributed by atoms with E-state index in [1.807, 2.05) is 6.92 Å². The van der Waals surface area contributed by atoms with Crippen molar-refractivity contribution in [3.8, 4) is 11.5 Å². The lowest BCUT2D eigenvalue weighted by Crippen LogP contribution is -2.22. The summed E-state index contributed by atoms with van der Waals surface area (Å²) in [6, 6.07) is 7.40. The highest BCUT2D eigenvalue weighted by atomic mass is 16.3. The van der Waals surface area contributed by atoms with Gasteiger partial charge in [0.2, 0.25) is 0 Å². The Morgan fingerprint density at radius 1 is 1.12 bits per heavy atom. The van der Waals surface area contributed by atoms with Gasteiger partial charge in [0.15, 0.2) is 11.6 Å². The van der Waals surface area contributed by atoms with Gasteiger partial charge in [0.1, 0.15) is 11.5 Å². The molecule has 0 fully saturated rings. The first-order chi connectivity index (χ1) is 11.4. The third-order valence-electron chi connectivity index (χ3n) is 4.43. The van der Waals surface area contributed by atoms with Crippen molar-refractivity contribution in [2.45, 2.75) is 26.4 Å². The molecule has 2 aromatic carbocycles. The fraction of sp³-hybridized carbons (Fsp3) is 0.263. The van der Waals surface area contributed by atoms with E-state index >= 15 is 0 Å². The highest BCUT2D eigenvalue weighted by Gasteiger charge is 2.31. The number of carbonyl (C=O) groups is 2. The Labute approximate surface area is 139 Å². The van der Waals surface area contributed by atoms with Crippen LogP contribution < -0.4 is 0 Å². The van der Waals surface area contributed by atoms with E-state index in [0.717, 1.165) is 5.56 Å². The second kappa shape index (κ2) is 6.09. The topological polar surface area (TPSA) is 94.8 Å². The fourth-order valence-corrected chi connectivity index (χ4v) is 3.31. The Kier molecular flexibility index (Phi) is 4.11. The average Bonchev–Trinajstić information content (AvgIpc) is 2.54. The highest BCUT2D eigenvalue weighted by molar-refractivity contribution is 6.18. The lowest BCUT2D eigenvalue weighted by atomic mass is 9.79. The Morgan fingerprint density at radius 2 is 1.88 bits per heavy atom. The van der Waals surface area contributed by atoms with Gasteiger partial charge in [0, 0.05) is 23.1 Å². The lowest BCUT2D eigenvalue weighted by Gasteiger charge is -2.23. The minimum Gasteiger partial charge on any atom is -0.508 e. The van der Waals surface area contributed by atoms with Crippen molar-refractivity contribution < 1.29 is 24.9 Å². The standard InChI is InChI=1S/C19H18O5/c1-10-7-11-5-6-15(22)18(17(11)16(23)8-10)19(24)12-3-2-4-14(21)13(12)9-20/h2-6,10,20-22H,7-9H2,1H3/t10-/m0/s1. The number of phenols is 2. The average molecular weight is 326 g/mol. The molecule has 5 nitrogen and oxygen atoms in total. The minimum atomic E-state index is -0.577. The summed E-state index contributed by atoms with van der Waals surface area (Å²) in [7, 11) is 0. The Hall–Kier alpha value is -2.66. The third-order valence-corrected chi connectivity index (χ3v) is 4.43. The predicted octanol–water partition coefficient (Wildman–Crippen LogP) is 2.59. The summed E-state index contributed by atoms with van der Waals surface area (Å²) in [5, 5.41) is 29.5. The van der Waals surface area contributed by atoms with Crippen LogP contribution in [0.1, 0.15) is 50.8 Å². The van der Waals surface area contributed by atoms with Gasteiger partial charge >= 0.3 is 0 Å². The summed E-state index contributed by atoms with van der Waals surface area (Å²) < 4.78 is 0. The van der Waals surface area contributed by atoms with Crippen molar-refractivity contribution >= 4 is 11.6 Å². The smallest absolute Gasteiger partial charge is 0.197 e. The molecule has 0 amide bonds. The Morgan fingerprint density at radius 3 is 2.58 bits per heavy atom. The van der Waals surface area contributed by atoms with Crippen LogP contribution in [0.4, 0.5) is 0 Å². The van der Waals surface area contributed by atoms with E-state index in [2.05, 4.69) is 0 Å². The van der Waals surface area contributed by atoms with Crippen molar-refractivity contribution in [1.29, 1.82) is 0 Å². The number of aromatic hydroxyl groups is 2. The largest absolute Gasteiger partial charge is 0.508 e. The van der Waals surface area contributed by atoms with Crippen LogP contribution in [-0.2, 0) is 13.0 Å². The van der Waals surface area contributed by atoms with Crippen LogP contribution >= 0.6 is 0 Å². The van der Waals surface area contributed by atoms with Gasteiger partial charge in [-0.15, -0.1) is 0 Å². The van der Waals surface area contributed by atoms with Crippen LogP contribution in [0.15, 0.2) is 30.3 Å². The van der Waals surface area contributed by atoms with E-state index in [0.29, 0.717) is 12.8 Å². The Bertz CT molecular complexity index is 838. The number of fused-ring (bicyclic) bond motifs is 1. The molecule has 5 heteroatoms. The van der Waals surface area contributed by atoms with E-state index in [4.69, 9.17) is 0 Å². The molecule has 0 radical (unpaired) electrons. The maximum absolute atomic E-state index is 13.0. The summed E-state index contributed by atoms with van der Waals surface area (Å²) in [5.41, 5.74) is 1.10. The summed E-state index contributed by atoms with van der Waals surface area (Å²) >= 11 is 0. The van der Waals surface area contributed by atoms with Gasteiger partial charge in [-0.1, -0.05) is 25.1 Å². The van der Waals surface area contributed by atoms with Gasteiger partial charge < -0.3 is 15.3 Å². The molecule has 0 spiro atoms. The maximum Gasteiger partial charge on any atom is 0.197 e. The second-order valence-corrected chi connectivity index (χ2v) is 6.22. The summed E-state index contributed by atoms with van der Waals surface area (Å²) in [6.45, 7) is 1.45. The summed E-state index contributed by atoms with van der Waals surface area (Å²) in [6.07, 6.45) is 0.984. The van der Waals surface area contributed by atoms with E-state index < -0.39 is 12.4 Å². The SMILES string of the molecule is C[C@@H]1CC(=O)c2c(ccc(O)c2C(=O)c2cccc(O)c2CO)C1. The molecule has 1 atom stereocenters. The molecule has 3 N–H and O–H groups in total. The van der Waals surface area contributed by atoms with Gasteiger partial charge in [-0.25, -0.2) is 0 Å². The van der Waals surface area contributed by atoms with Crippen LogP contribution in [0.3, 0.4) is 0 Å². The number of hydrogen-bond donors (Lipinski definition) is 3. The molecule has 2 aromatic rings. The number of ketones is 2. The van der Waals surface area contributed by atoms with E-state index in [-0.39, 0.29) is 45.5 Å². The number of phenolic OH excluding ortho intramolecular Hbond substituents is 1. The second-order valence-electron chi connectivity index (χ2n) is 6.22. The molecule has 0 saturated heterocycles. The molecule has 0 aliphatic heterocycles.